The molecule has 10 atom stereocenters. The van der Waals surface area contributed by atoms with Gasteiger partial charge in [0.05, 0.1) is 31.7 Å². The third-order valence-electron chi connectivity index (χ3n) is 5.61. The minimum Gasteiger partial charge on any atom is -0.396 e. The first-order valence-corrected chi connectivity index (χ1v) is 15.7. The molecule has 0 aromatic carbocycles. The number of phosphoric acid groups is 1. The van der Waals surface area contributed by atoms with Crippen LogP contribution in [-0.4, -0.2) is 123 Å². The minimum atomic E-state index is -5.38. The van der Waals surface area contributed by atoms with Gasteiger partial charge in [-0.2, -0.15) is 0 Å². The normalized spacial score (nSPS) is 27.6. The third kappa shape index (κ3) is 8.17. The summed E-state index contributed by atoms with van der Waals surface area (Å²) in [4.78, 5) is 32.3. The molecule has 0 bridgehead atoms. The van der Waals surface area contributed by atoms with Crippen molar-refractivity contribution in [3.8, 4) is 0 Å². The van der Waals surface area contributed by atoms with Crippen LogP contribution in [0.1, 0.15) is 19.6 Å². The first-order valence-electron chi connectivity index (χ1n) is 11.6. The van der Waals surface area contributed by atoms with Gasteiger partial charge < -0.3 is 60.2 Å². The topological polar surface area (TPSA) is 295 Å². The van der Waals surface area contributed by atoms with Gasteiger partial charge in [0.1, 0.15) is 36.3 Å². The predicted octanol–water partition coefficient (Wildman–Crippen LogP) is -2.78. The summed E-state index contributed by atoms with van der Waals surface area (Å²) < 4.78 is 38.9. The van der Waals surface area contributed by atoms with Gasteiger partial charge in [-0.15, -0.1) is 0 Å². The van der Waals surface area contributed by atoms with Crippen LogP contribution in [0.25, 0.3) is 11.2 Å². The van der Waals surface area contributed by atoms with Gasteiger partial charge in [-0.05, 0) is 25.2 Å². The second kappa shape index (κ2) is 13.8. The van der Waals surface area contributed by atoms with Crippen LogP contribution >= 0.6 is 14.5 Å². The van der Waals surface area contributed by atoms with Crippen LogP contribution in [-0.2, 0) is 39.2 Å². The average Bonchev–Trinajstić information content (AvgIpc) is 3.42. The smallest absolute Gasteiger partial charge is 0.396 e. The van der Waals surface area contributed by atoms with E-state index in [2.05, 4.69) is 19.3 Å². The van der Waals surface area contributed by atoms with E-state index in [-0.39, 0.29) is 23.4 Å². The molecule has 0 amide bonds. The highest BCUT2D eigenvalue weighted by atomic mass is 32.5. The monoisotopic (exact) mass is 635 g/mol. The number of anilines is 1. The molecular formula is C18H31N5O14P2S. The van der Waals surface area contributed by atoms with Gasteiger partial charge in [-0.25, -0.2) is 23.8 Å². The molecule has 0 spiro atoms. The molecule has 22 heteroatoms. The Morgan fingerprint density at radius 2 is 1.90 bits per heavy atom. The number of phosphoric ester groups is 1. The molecular weight excluding hydrogens is 604 g/mol. The first-order chi connectivity index (χ1) is 18.7. The van der Waals surface area contributed by atoms with Gasteiger partial charge in [0, 0.05) is 6.61 Å². The van der Waals surface area contributed by atoms with Gasteiger partial charge in [-0.1, -0.05) is 0 Å². The molecule has 40 heavy (non-hydrogen) atoms. The average molecular weight is 635 g/mol. The van der Waals surface area contributed by atoms with E-state index in [9.17, 15) is 39.9 Å². The Balaban J connectivity index is 1.64. The first kappa shape index (κ1) is 33.2. The molecule has 10 N–H and O–H groups in total. The Morgan fingerprint density at radius 1 is 1.20 bits per heavy atom. The maximum Gasteiger partial charge on any atom is 0.481 e. The van der Waals surface area contributed by atoms with E-state index in [4.69, 9.17) is 41.2 Å². The van der Waals surface area contributed by atoms with Crippen molar-refractivity contribution >= 4 is 43.3 Å². The van der Waals surface area contributed by atoms with Crippen molar-refractivity contribution in [3.63, 3.8) is 0 Å². The van der Waals surface area contributed by atoms with Crippen molar-refractivity contribution in [2.45, 2.75) is 62.5 Å². The molecule has 1 saturated heterocycles. The van der Waals surface area contributed by atoms with Gasteiger partial charge in [-0.3, -0.25) is 9.09 Å². The van der Waals surface area contributed by atoms with E-state index in [1.54, 1.807) is 0 Å². The number of hydrogen-bond donors (Lipinski definition) is 9. The Hall–Kier alpha value is -1.29. The van der Waals surface area contributed by atoms with Crippen molar-refractivity contribution in [3.05, 3.63) is 12.7 Å². The summed E-state index contributed by atoms with van der Waals surface area (Å²) in [5.41, 5.74) is 6.16. The Morgan fingerprint density at radius 3 is 2.52 bits per heavy atom. The second-order valence-electron chi connectivity index (χ2n) is 8.59. The summed E-state index contributed by atoms with van der Waals surface area (Å²) in [5.74, 6) is 0.0689. The van der Waals surface area contributed by atoms with E-state index in [1.165, 1.54) is 17.8 Å². The number of rotatable bonds is 15. The summed E-state index contributed by atoms with van der Waals surface area (Å²) in [6, 6.07) is 0. The largest absolute Gasteiger partial charge is 0.481 e. The van der Waals surface area contributed by atoms with Crippen molar-refractivity contribution in [2.75, 3.05) is 25.6 Å². The molecule has 8 unspecified atom stereocenters. The number of nitrogens with zero attached hydrogens (tertiary/aromatic N) is 4. The number of aromatic nitrogens is 4. The van der Waals surface area contributed by atoms with E-state index in [0.717, 1.165) is 6.33 Å². The molecule has 1 fully saturated rings. The summed E-state index contributed by atoms with van der Waals surface area (Å²) in [7, 11) is -5.38. The summed E-state index contributed by atoms with van der Waals surface area (Å²) in [6.07, 6.45) is -9.84. The fourth-order valence-electron chi connectivity index (χ4n) is 3.62. The van der Waals surface area contributed by atoms with Gasteiger partial charge in [0.25, 0.3) is 0 Å². The number of imidazole rings is 1. The SMILES string of the molecule is C[C@H](O)C(CCO)OC(OP(=O)(O)OP(O)(=S)OCC1OC(n2cnc3c(N)ncnc32)C(O)C1O)[C@H](O)CO. The molecule has 1 aliphatic rings. The molecule has 228 valence electrons. The number of ether oxygens (including phenoxy) is 2. The lowest BCUT2D eigenvalue weighted by Gasteiger charge is -2.30. The van der Waals surface area contributed by atoms with Crippen LogP contribution in [0, 0.1) is 0 Å². The highest BCUT2D eigenvalue weighted by Gasteiger charge is 2.46. The standard InChI is InChI=1S/C18H31N5O14P2S/c1-8(26)10(2-3-24)35-18(9(27)4-25)36-38(30,31)37-39(32,40)33-5-11-13(28)14(29)17(34-11)23-7-22-12-15(19)20-6-21-16(12)23/h6-11,13-14,17-18,24-29H,2-5H2,1H3,(H,30,31)(H,32,40)(H2,19,20,21)/t8-,9+,10?,11?,13?,14?,17?,18?,39?/m0/s1. The number of nitrogen functional groups attached to an aromatic ring is 1. The van der Waals surface area contributed by atoms with E-state index < -0.39 is 83.5 Å². The molecule has 19 nitrogen and oxygen atoms in total. The quantitative estimate of drug-likeness (QED) is 0.0706. The Labute approximate surface area is 231 Å². The summed E-state index contributed by atoms with van der Waals surface area (Å²) in [5, 5.41) is 59.0. The Kier molecular flexibility index (Phi) is 11.4. The highest BCUT2D eigenvalue weighted by molar-refractivity contribution is 8.08. The predicted molar refractivity (Wildman–Crippen MR) is 135 cm³/mol. The minimum absolute atomic E-state index is 0.0689. The molecule has 2 aromatic heterocycles. The number of aliphatic hydroxyl groups excluding tert-OH is 6. The fraction of sp³-hybridized carbons (Fsp3) is 0.722. The molecule has 0 saturated carbocycles. The summed E-state index contributed by atoms with van der Waals surface area (Å²) in [6.45, 7) is -5.54. The van der Waals surface area contributed by atoms with Crippen molar-refractivity contribution in [1.82, 2.24) is 19.5 Å². The lowest BCUT2D eigenvalue weighted by molar-refractivity contribution is -0.205. The Bertz CT molecular complexity index is 1220. The molecule has 0 aliphatic carbocycles. The zero-order valence-corrected chi connectivity index (χ0v) is 23.4. The van der Waals surface area contributed by atoms with E-state index in [1.807, 2.05) is 0 Å². The fourth-order valence-corrected chi connectivity index (χ4v) is 6.73. The van der Waals surface area contributed by atoms with Crippen molar-refractivity contribution in [1.29, 1.82) is 0 Å². The summed E-state index contributed by atoms with van der Waals surface area (Å²) >= 11 is 4.74. The lowest BCUT2D eigenvalue weighted by atomic mass is 10.1. The molecule has 2 aromatic rings. The van der Waals surface area contributed by atoms with Crippen LogP contribution in [0.3, 0.4) is 0 Å². The number of hydrogen-bond acceptors (Lipinski definition) is 17. The number of aliphatic hydroxyl groups is 6. The van der Waals surface area contributed by atoms with Crippen LogP contribution in [0.4, 0.5) is 5.82 Å². The molecule has 3 heterocycles. The highest BCUT2D eigenvalue weighted by Crippen LogP contribution is 2.61. The third-order valence-corrected chi connectivity index (χ3v) is 9.12. The van der Waals surface area contributed by atoms with Crippen LogP contribution in [0.5, 0.6) is 0 Å². The number of nitrogens with two attached hydrogens (primary N) is 1. The molecule has 3 rings (SSSR count). The van der Waals surface area contributed by atoms with Gasteiger partial charge in [0.15, 0.2) is 24.0 Å². The maximum absolute atomic E-state index is 12.5. The second-order valence-corrected chi connectivity index (χ2v) is 13.0. The van der Waals surface area contributed by atoms with E-state index >= 15 is 0 Å². The molecule has 1 aliphatic heterocycles. The van der Waals surface area contributed by atoms with Crippen LogP contribution in [0.15, 0.2) is 12.7 Å². The van der Waals surface area contributed by atoms with Gasteiger partial charge in [0.2, 0.25) is 0 Å². The van der Waals surface area contributed by atoms with Crippen LogP contribution < -0.4 is 5.73 Å². The van der Waals surface area contributed by atoms with Gasteiger partial charge >= 0.3 is 14.5 Å². The molecule has 0 radical (unpaired) electrons. The van der Waals surface area contributed by atoms with Crippen molar-refractivity contribution < 1.29 is 67.8 Å². The maximum atomic E-state index is 12.5. The van der Waals surface area contributed by atoms with E-state index in [0.29, 0.717) is 0 Å². The number of fused-ring (bicyclic) bond motifs is 1. The zero-order chi connectivity index (χ0) is 29.8. The van der Waals surface area contributed by atoms with Crippen LogP contribution in [0.2, 0.25) is 0 Å². The zero-order valence-electron chi connectivity index (χ0n) is 20.8. The lowest BCUT2D eigenvalue weighted by Crippen LogP contribution is -2.40. The van der Waals surface area contributed by atoms with Crippen molar-refractivity contribution in [2.24, 2.45) is 0 Å².